The number of allylic oxidation sites excluding steroid dienone is 1. The molecule has 0 bridgehead atoms. The van der Waals surface area contributed by atoms with Crippen molar-refractivity contribution in [1.82, 2.24) is 0 Å². The highest BCUT2D eigenvalue weighted by molar-refractivity contribution is 5.28. The maximum atomic E-state index is 3.55. The van der Waals surface area contributed by atoms with Gasteiger partial charge in [0, 0.05) is 0 Å². The fourth-order valence-corrected chi connectivity index (χ4v) is 2.05. The van der Waals surface area contributed by atoms with Gasteiger partial charge in [-0.05, 0) is 27.3 Å². The van der Waals surface area contributed by atoms with Crippen LogP contribution in [0.1, 0.15) is 19.8 Å². The largest absolute Gasteiger partial charge is 0.103 e. The van der Waals surface area contributed by atoms with Crippen LogP contribution in [0.2, 0.25) is 0 Å². The average molecular weight is 222 g/mol. The van der Waals surface area contributed by atoms with Crippen LogP contribution in [-0.4, -0.2) is 0 Å². The summed E-state index contributed by atoms with van der Waals surface area (Å²) in [5.41, 5.74) is 0. The Morgan fingerprint density at radius 2 is 1.18 bits per heavy atom. The molecule has 0 saturated carbocycles. The third-order valence-corrected chi connectivity index (χ3v) is 2.93. The zero-order chi connectivity index (χ0) is 12.1. The van der Waals surface area contributed by atoms with E-state index in [-0.39, 0.29) is 0 Å². The lowest BCUT2D eigenvalue weighted by molar-refractivity contribution is 0.961. The number of fused-ring (bicyclic) bond motifs is 2. The van der Waals surface area contributed by atoms with Crippen LogP contribution in [0.4, 0.5) is 0 Å². The van der Waals surface area contributed by atoms with E-state index in [0.29, 0.717) is 0 Å². The van der Waals surface area contributed by atoms with Crippen molar-refractivity contribution >= 4 is 0 Å². The van der Waals surface area contributed by atoms with Gasteiger partial charge >= 0.3 is 0 Å². The van der Waals surface area contributed by atoms with E-state index in [2.05, 4.69) is 62.0 Å². The molecular weight excluding hydrogens is 204 g/mol. The first-order chi connectivity index (χ1) is 8.38. The van der Waals surface area contributed by atoms with Crippen molar-refractivity contribution in [2.45, 2.75) is 19.8 Å². The first-order valence-corrected chi connectivity index (χ1v) is 6.18. The van der Waals surface area contributed by atoms with Crippen molar-refractivity contribution in [3.8, 4) is 0 Å². The standard InChI is InChI=1S/C12H8.C5H10/c1-2-6-10-9(5-1)11-7-3-4-8-12(10)11;1-3-5-4-2/h1-8H;3H,1,4-5H2,2H3. The van der Waals surface area contributed by atoms with Crippen LogP contribution >= 0.6 is 0 Å². The van der Waals surface area contributed by atoms with Crippen molar-refractivity contribution in [2.24, 2.45) is 0 Å². The van der Waals surface area contributed by atoms with E-state index in [9.17, 15) is 0 Å². The molecule has 0 fully saturated rings. The lowest BCUT2D eigenvalue weighted by atomic mass is 10.0. The van der Waals surface area contributed by atoms with Gasteiger partial charge in [0.25, 0.3) is 0 Å². The average Bonchev–Trinajstić information content (AvgIpc) is 2.38. The quantitative estimate of drug-likeness (QED) is 0.558. The van der Waals surface area contributed by atoms with Crippen LogP contribution in [-0.2, 0) is 0 Å². The first-order valence-electron chi connectivity index (χ1n) is 6.18. The Balaban J connectivity index is 0.000000188. The molecule has 0 aromatic heterocycles. The second-order valence-corrected chi connectivity index (χ2v) is 4.17. The monoisotopic (exact) mass is 222 g/mol. The lowest BCUT2D eigenvalue weighted by Crippen LogP contribution is -1.88. The molecule has 0 saturated heterocycles. The van der Waals surface area contributed by atoms with Gasteiger partial charge < -0.3 is 0 Å². The zero-order valence-electron chi connectivity index (χ0n) is 10.3. The molecule has 17 heavy (non-hydrogen) atoms. The molecule has 0 nitrogen and oxygen atoms in total. The van der Waals surface area contributed by atoms with Gasteiger partial charge in [0.1, 0.15) is 0 Å². The number of hydrogen-bond donors (Lipinski definition) is 0. The minimum atomic E-state index is 1.15. The molecule has 0 aliphatic heterocycles. The van der Waals surface area contributed by atoms with Crippen LogP contribution in [0.15, 0.2) is 61.2 Å². The maximum absolute atomic E-state index is 3.55. The Labute approximate surface area is 102 Å². The summed E-state index contributed by atoms with van der Waals surface area (Å²) >= 11 is 0. The van der Waals surface area contributed by atoms with Crippen molar-refractivity contribution in [3.05, 3.63) is 82.1 Å². The number of hydrogen-bond acceptors (Lipinski definition) is 0. The molecule has 3 rings (SSSR count). The predicted octanol–water partition coefficient (Wildman–Crippen LogP) is 4.55. The molecule has 1 aliphatic carbocycles. The smallest absolute Gasteiger partial charge is 0.00990 e. The van der Waals surface area contributed by atoms with Crippen molar-refractivity contribution in [2.75, 3.05) is 0 Å². The number of rotatable bonds is 2. The minimum absolute atomic E-state index is 1.15. The highest BCUT2D eigenvalue weighted by Crippen LogP contribution is 2.11. The summed E-state index contributed by atoms with van der Waals surface area (Å²) in [6, 6.07) is 17.1. The molecule has 2 aromatic carbocycles. The van der Waals surface area contributed by atoms with Crippen molar-refractivity contribution in [1.29, 1.82) is 0 Å². The van der Waals surface area contributed by atoms with Gasteiger partial charge in [0.05, 0.1) is 0 Å². The summed E-state index contributed by atoms with van der Waals surface area (Å²) in [6.45, 7) is 5.69. The molecule has 0 radical (unpaired) electrons. The topological polar surface area (TPSA) is 0 Å². The first kappa shape index (κ1) is 11.7. The van der Waals surface area contributed by atoms with Crippen LogP contribution in [0.25, 0.3) is 0 Å². The van der Waals surface area contributed by atoms with E-state index in [1.807, 2.05) is 6.08 Å². The van der Waals surface area contributed by atoms with Gasteiger partial charge in [-0.3, -0.25) is 0 Å². The van der Waals surface area contributed by atoms with E-state index < -0.39 is 0 Å². The molecule has 0 heteroatoms. The molecule has 86 valence electrons. The van der Waals surface area contributed by atoms with Crippen LogP contribution in [0.3, 0.4) is 0 Å². The van der Waals surface area contributed by atoms with Gasteiger partial charge in [-0.15, -0.1) is 6.58 Å². The van der Waals surface area contributed by atoms with E-state index in [1.165, 1.54) is 27.3 Å². The van der Waals surface area contributed by atoms with Crippen molar-refractivity contribution in [3.63, 3.8) is 0 Å². The Morgan fingerprint density at radius 1 is 0.824 bits per heavy atom. The fourth-order valence-electron chi connectivity index (χ4n) is 2.05. The van der Waals surface area contributed by atoms with Gasteiger partial charge in [-0.1, -0.05) is 68.0 Å². The Morgan fingerprint density at radius 3 is 1.35 bits per heavy atom. The molecule has 0 atom stereocenters. The van der Waals surface area contributed by atoms with E-state index in [4.69, 9.17) is 0 Å². The molecular formula is C17H18. The molecule has 0 heterocycles. The fraction of sp³-hybridized carbons (Fsp3) is 0.176. The van der Waals surface area contributed by atoms with Gasteiger partial charge in [-0.25, -0.2) is 0 Å². The summed E-state index contributed by atoms with van der Waals surface area (Å²) in [5.74, 6) is 0. The van der Waals surface area contributed by atoms with Gasteiger partial charge in [0.15, 0.2) is 0 Å². The number of unbranched alkanes of at least 4 members (excludes halogenated alkanes) is 1. The number of benzene rings is 2. The Bertz CT molecular complexity index is 546. The van der Waals surface area contributed by atoms with Crippen molar-refractivity contribution < 1.29 is 0 Å². The van der Waals surface area contributed by atoms with E-state index in [1.54, 1.807) is 0 Å². The molecule has 0 N–H and O–H groups in total. The molecule has 2 aromatic rings. The third-order valence-electron chi connectivity index (χ3n) is 2.93. The normalized spacial score (nSPS) is 10.2. The van der Waals surface area contributed by atoms with Crippen LogP contribution < -0.4 is 0 Å². The lowest BCUT2D eigenvalue weighted by Gasteiger charge is -2.02. The summed E-state index contributed by atoms with van der Waals surface area (Å²) in [5, 5.41) is 5.59. The second kappa shape index (κ2) is 5.49. The second-order valence-electron chi connectivity index (χ2n) is 4.17. The molecule has 0 amide bonds. The van der Waals surface area contributed by atoms with E-state index >= 15 is 0 Å². The minimum Gasteiger partial charge on any atom is -0.103 e. The Kier molecular flexibility index (Phi) is 3.77. The maximum Gasteiger partial charge on any atom is -0.00990 e. The van der Waals surface area contributed by atoms with Crippen LogP contribution in [0.5, 0.6) is 0 Å². The SMILES string of the molecule is C=CCCC.c1ccc2c(c1)=c1ccccc1=2. The summed E-state index contributed by atoms with van der Waals surface area (Å²) in [4.78, 5) is 0. The molecule has 0 spiro atoms. The van der Waals surface area contributed by atoms with Crippen LogP contribution in [0, 0.1) is 20.9 Å². The summed E-state index contributed by atoms with van der Waals surface area (Å²) in [6.07, 6.45) is 4.31. The zero-order valence-corrected chi connectivity index (χ0v) is 10.3. The predicted molar refractivity (Wildman–Crippen MR) is 73.3 cm³/mol. The highest BCUT2D eigenvalue weighted by atomic mass is 14.0. The summed E-state index contributed by atoms with van der Waals surface area (Å²) < 4.78 is 0. The van der Waals surface area contributed by atoms with Gasteiger partial charge in [0.2, 0.25) is 0 Å². The highest BCUT2D eigenvalue weighted by Gasteiger charge is 1.97. The van der Waals surface area contributed by atoms with Gasteiger partial charge in [-0.2, -0.15) is 0 Å². The molecule has 0 unspecified atom stereocenters. The molecule has 1 aliphatic rings. The Hall–Kier alpha value is -1.82. The summed E-state index contributed by atoms with van der Waals surface area (Å²) in [7, 11) is 0. The van der Waals surface area contributed by atoms with E-state index in [0.717, 1.165) is 6.42 Å². The third kappa shape index (κ3) is 2.31.